The zero-order valence-corrected chi connectivity index (χ0v) is 12.0. The lowest BCUT2D eigenvalue weighted by atomic mass is 10.1. The molecule has 4 aromatic rings. The summed E-state index contributed by atoms with van der Waals surface area (Å²) in [4.78, 5) is 19.0. The fraction of sp³-hybridized carbons (Fsp3) is 0.0556. The van der Waals surface area contributed by atoms with E-state index in [0.717, 1.165) is 27.6 Å². The second-order valence-electron chi connectivity index (χ2n) is 5.25. The average Bonchev–Trinajstić information content (AvgIpc) is 3.18. The Bertz CT molecular complexity index is 995. The van der Waals surface area contributed by atoms with Crippen molar-refractivity contribution in [2.45, 2.75) is 0 Å². The second kappa shape index (κ2) is 4.77. The van der Waals surface area contributed by atoms with E-state index in [1.165, 1.54) is 0 Å². The normalized spacial score (nSPS) is 11.1. The van der Waals surface area contributed by atoms with Gasteiger partial charge in [-0.1, -0.05) is 12.1 Å². The van der Waals surface area contributed by atoms with Crippen LogP contribution in [0.5, 0.6) is 5.75 Å². The maximum absolute atomic E-state index is 12.7. The number of benzene rings is 2. The molecule has 4 heteroatoms. The molecule has 0 spiro atoms. The number of carbonyl (C=O) groups excluding carboxylic acids is 1. The lowest BCUT2D eigenvalue weighted by molar-refractivity contribution is 0.103. The number of ether oxygens (including phenoxy) is 1. The van der Waals surface area contributed by atoms with Crippen molar-refractivity contribution in [2.75, 3.05) is 7.11 Å². The van der Waals surface area contributed by atoms with E-state index in [1.54, 1.807) is 7.11 Å². The molecule has 2 N–H and O–H groups in total. The third kappa shape index (κ3) is 1.97. The van der Waals surface area contributed by atoms with E-state index in [1.807, 2.05) is 54.7 Å². The Morgan fingerprint density at radius 2 is 1.86 bits per heavy atom. The Kier molecular flexibility index (Phi) is 2.76. The SMILES string of the molecule is COc1ccc2[nH]c(C(=O)c3ccc4cc[nH]c4c3)cc2c1. The number of nitrogens with one attached hydrogen (secondary N) is 2. The van der Waals surface area contributed by atoms with Crippen molar-refractivity contribution in [3.8, 4) is 5.75 Å². The highest BCUT2D eigenvalue weighted by molar-refractivity contribution is 6.11. The van der Waals surface area contributed by atoms with Crippen molar-refractivity contribution in [1.29, 1.82) is 0 Å². The van der Waals surface area contributed by atoms with Gasteiger partial charge >= 0.3 is 0 Å². The van der Waals surface area contributed by atoms with Gasteiger partial charge in [0.2, 0.25) is 5.78 Å². The van der Waals surface area contributed by atoms with E-state index in [9.17, 15) is 4.79 Å². The van der Waals surface area contributed by atoms with Crippen LogP contribution >= 0.6 is 0 Å². The van der Waals surface area contributed by atoms with Crippen LogP contribution in [0.1, 0.15) is 16.1 Å². The predicted octanol–water partition coefficient (Wildman–Crippen LogP) is 3.89. The number of hydrogen-bond donors (Lipinski definition) is 2. The maximum atomic E-state index is 12.7. The number of H-pyrrole nitrogens is 2. The monoisotopic (exact) mass is 290 g/mol. The molecule has 2 aromatic heterocycles. The molecular weight excluding hydrogens is 276 g/mol. The fourth-order valence-corrected chi connectivity index (χ4v) is 2.70. The summed E-state index contributed by atoms with van der Waals surface area (Å²) in [6.45, 7) is 0. The van der Waals surface area contributed by atoms with E-state index in [2.05, 4.69) is 9.97 Å². The molecule has 4 nitrogen and oxygen atoms in total. The van der Waals surface area contributed by atoms with Crippen LogP contribution in [0.3, 0.4) is 0 Å². The van der Waals surface area contributed by atoms with Crippen LogP contribution in [0.25, 0.3) is 21.8 Å². The Hall–Kier alpha value is -3.01. The number of carbonyl (C=O) groups is 1. The minimum atomic E-state index is -0.0216. The first-order chi connectivity index (χ1) is 10.7. The molecule has 4 rings (SSSR count). The van der Waals surface area contributed by atoms with Crippen molar-refractivity contribution in [3.05, 3.63) is 66.0 Å². The van der Waals surface area contributed by atoms with Gasteiger partial charge in [-0.3, -0.25) is 4.79 Å². The Balaban J connectivity index is 1.77. The van der Waals surface area contributed by atoms with Gasteiger partial charge in [-0.25, -0.2) is 0 Å². The summed E-state index contributed by atoms with van der Waals surface area (Å²) >= 11 is 0. The van der Waals surface area contributed by atoms with Crippen LogP contribution in [-0.2, 0) is 0 Å². The van der Waals surface area contributed by atoms with Gasteiger partial charge < -0.3 is 14.7 Å². The van der Waals surface area contributed by atoms with E-state index in [0.29, 0.717) is 11.3 Å². The van der Waals surface area contributed by atoms with Gasteiger partial charge in [-0.15, -0.1) is 0 Å². The Labute approximate surface area is 126 Å². The van der Waals surface area contributed by atoms with Crippen molar-refractivity contribution >= 4 is 27.6 Å². The molecule has 0 bridgehead atoms. The highest BCUT2D eigenvalue weighted by atomic mass is 16.5. The predicted molar refractivity (Wildman–Crippen MR) is 86.6 cm³/mol. The van der Waals surface area contributed by atoms with Crippen molar-refractivity contribution < 1.29 is 9.53 Å². The average molecular weight is 290 g/mol. The van der Waals surface area contributed by atoms with Crippen LogP contribution in [0.15, 0.2) is 54.7 Å². The molecule has 0 unspecified atom stereocenters. The van der Waals surface area contributed by atoms with Gasteiger partial charge in [0.05, 0.1) is 12.8 Å². The molecule has 2 heterocycles. The molecule has 0 saturated carbocycles. The minimum Gasteiger partial charge on any atom is -0.497 e. The molecule has 0 amide bonds. The first-order valence-corrected chi connectivity index (χ1v) is 7.03. The van der Waals surface area contributed by atoms with Gasteiger partial charge in [0.15, 0.2) is 0 Å². The number of hydrogen-bond acceptors (Lipinski definition) is 2. The van der Waals surface area contributed by atoms with Crippen LogP contribution < -0.4 is 4.74 Å². The van der Waals surface area contributed by atoms with Crippen LogP contribution in [0, 0.1) is 0 Å². The second-order valence-corrected chi connectivity index (χ2v) is 5.25. The number of methoxy groups -OCH3 is 1. The van der Waals surface area contributed by atoms with Crippen LogP contribution in [-0.4, -0.2) is 22.9 Å². The topological polar surface area (TPSA) is 57.9 Å². The molecule has 0 radical (unpaired) electrons. The molecular formula is C18H14N2O2. The number of aromatic amines is 2. The molecule has 0 atom stereocenters. The lowest BCUT2D eigenvalue weighted by Crippen LogP contribution is -2.01. The summed E-state index contributed by atoms with van der Waals surface area (Å²) in [5.41, 5.74) is 3.12. The first-order valence-electron chi connectivity index (χ1n) is 7.03. The summed E-state index contributed by atoms with van der Waals surface area (Å²) in [6.07, 6.45) is 1.87. The third-order valence-electron chi connectivity index (χ3n) is 3.89. The number of rotatable bonds is 3. The molecule has 0 saturated heterocycles. The zero-order valence-electron chi connectivity index (χ0n) is 12.0. The van der Waals surface area contributed by atoms with Gasteiger partial charge in [-0.05, 0) is 41.8 Å². The van der Waals surface area contributed by atoms with Crippen molar-refractivity contribution in [1.82, 2.24) is 9.97 Å². The zero-order chi connectivity index (χ0) is 15.1. The third-order valence-corrected chi connectivity index (χ3v) is 3.89. The lowest BCUT2D eigenvalue weighted by Gasteiger charge is -1.99. The molecule has 108 valence electrons. The Morgan fingerprint density at radius 1 is 0.955 bits per heavy atom. The minimum absolute atomic E-state index is 0.0216. The van der Waals surface area contributed by atoms with Crippen molar-refractivity contribution in [2.24, 2.45) is 0 Å². The van der Waals surface area contributed by atoms with Gasteiger partial charge in [0.25, 0.3) is 0 Å². The molecule has 0 aliphatic carbocycles. The van der Waals surface area contributed by atoms with Gasteiger partial charge in [-0.2, -0.15) is 0 Å². The molecule has 0 aliphatic heterocycles. The number of fused-ring (bicyclic) bond motifs is 2. The highest BCUT2D eigenvalue weighted by Gasteiger charge is 2.13. The van der Waals surface area contributed by atoms with Gasteiger partial charge in [0.1, 0.15) is 5.75 Å². The maximum Gasteiger partial charge on any atom is 0.209 e. The number of aromatic nitrogens is 2. The van der Waals surface area contributed by atoms with Crippen LogP contribution in [0.4, 0.5) is 0 Å². The summed E-state index contributed by atoms with van der Waals surface area (Å²) < 4.78 is 5.21. The van der Waals surface area contributed by atoms with E-state index in [4.69, 9.17) is 4.74 Å². The molecule has 22 heavy (non-hydrogen) atoms. The summed E-state index contributed by atoms with van der Waals surface area (Å²) in [7, 11) is 1.63. The largest absolute Gasteiger partial charge is 0.497 e. The molecule has 0 aliphatic rings. The first kappa shape index (κ1) is 12.7. The summed E-state index contributed by atoms with van der Waals surface area (Å²) in [6, 6.07) is 15.2. The van der Waals surface area contributed by atoms with Gasteiger partial charge in [0, 0.05) is 28.2 Å². The fourth-order valence-electron chi connectivity index (χ4n) is 2.70. The van der Waals surface area contributed by atoms with Crippen LogP contribution in [0.2, 0.25) is 0 Å². The smallest absolute Gasteiger partial charge is 0.209 e. The molecule has 0 fully saturated rings. The van der Waals surface area contributed by atoms with E-state index in [-0.39, 0.29) is 5.78 Å². The van der Waals surface area contributed by atoms with E-state index >= 15 is 0 Å². The highest BCUT2D eigenvalue weighted by Crippen LogP contribution is 2.23. The van der Waals surface area contributed by atoms with E-state index < -0.39 is 0 Å². The summed E-state index contributed by atoms with van der Waals surface area (Å²) in [5.74, 6) is 0.755. The Morgan fingerprint density at radius 3 is 2.73 bits per heavy atom. The molecule has 2 aromatic carbocycles. The quantitative estimate of drug-likeness (QED) is 0.562. The number of ketones is 1. The van der Waals surface area contributed by atoms with Crippen molar-refractivity contribution in [3.63, 3.8) is 0 Å². The summed E-state index contributed by atoms with van der Waals surface area (Å²) in [5, 5.41) is 2.06. The standard InChI is InChI=1S/C18H14N2O2/c1-22-14-4-5-15-13(8-14)10-17(20-15)18(21)12-3-2-11-6-7-19-16(11)9-12/h2-10,19-20H,1H3.